The van der Waals surface area contributed by atoms with E-state index in [9.17, 15) is 9.59 Å². The van der Waals surface area contributed by atoms with Gasteiger partial charge in [-0.15, -0.1) is 0 Å². The van der Waals surface area contributed by atoms with E-state index in [1.54, 1.807) is 4.90 Å². The normalized spacial score (nSPS) is 20.1. The predicted molar refractivity (Wildman–Crippen MR) is 55.4 cm³/mol. The molecule has 1 rings (SSSR count). The standard InChI is InChI=1S/C10H18N2O3/c1-3-4-9(13)11-8-5-6-12(7-8)10(14)15-2/h8H,3-7H2,1-2H3,(H,11,13). The molecule has 1 atom stereocenters. The van der Waals surface area contributed by atoms with Crippen LogP contribution in [0.4, 0.5) is 4.79 Å². The van der Waals surface area contributed by atoms with E-state index >= 15 is 0 Å². The lowest BCUT2D eigenvalue weighted by Gasteiger charge is -2.15. The highest BCUT2D eigenvalue weighted by molar-refractivity contribution is 5.76. The smallest absolute Gasteiger partial charge is 0.409 e. The molecule has 2 amide bonds. The van der Waals surface area contributed by atoms with Gasteiger partial charge < -0.3 is 15.0 Å². The van der Waals surface area contributed by atoms with Gasteiger partial charge in [-0.1, -0.05) is 6.92 Å². The molecule has 1 unspecified atom stereocenters. The van der Waals surface area contributed by atoms with Crippen LogP contribution in [0.3, 0.4) is 0 Å². The largest absolute Gasteiger partial charge is 0.453 e. The van der Waals surface area contributed by atoms with Crippen LogP contribution in [0, 0.1) is 0 Å². The first-order valence-electron chi connectivity index (χ1n) is 5.29. The molecule has 0 aromatic carbocycles. The van der Waals surface area contributed by atoms with Crippen molar-refractivity contribution in [3.8, 4) is 0 Å². The van der Waals surface area contributed by atoms with Gasteiger partial charge in [-0.25, -0.2) is 4.79 Å². The molecule has 86 valence electrons. The molecule has 1 N–H and O–H groups in total. The van der Waals surface area contributed by atoms with Crippen LogP contribution in [0.15, 0.2) is 0 Å². The summed E-state index contributed by atoms with van der Waals surface area (Å²) in [6, 6.07) is 0.0862. The quantitative estimate of drug-likeness (QED) is 0.754. The number of ether oxygens (including phenoxy) is 1. The Morgan fingerprint density at radius 3 is 2.87 bits per heavy atom. The number of nitrogens with zero attached hydrogens (tertiary/aromatic N) is 1. The summed E-state index contributed by atoms with van der Waals surface area (Å²) < 4.78 is 4.61. The number of amides is 2. The van der Waals surface area contributed by atoms with Crippen LogP contribution in [0.5, 0.6) is 0 Å². The second kappa shape index (κ2) is 5.58. The van der Waals surface area contributed by atoms with Gasteiger partial charge in [0.05, 0.1) is 7.11 Å². The molecule has 0 saturated carbocycles. The number of carbonyl (C=O) groups is 2. The number of likely N-dealkylation sites (tertiary alicyclic amines) is 1. The number of nitrogens with one attached hydrogen (secondary N) is 1. The van der Waals surface area contributed by atoms with Crippen LogP contribution < -0.4 is 5.32 Å². The molecular weight excluding hydrogens is 196 g/mol. The average Bonchev–Trinajstić information content (AvgIpc) is 2.65. The van der Waals surface area contributed by atoms with E-state index in [0.717, 1.165) is 12.8 Å². The van der Waals surface area contributed by atoms with Gasteiger partial charge in [0.2, 0.25) is 5.91 Å². The van der Waals surface area contributed by atoms with E-state index < -0.39 is 0 Å². The molecule has 0 aliphatic carbocycles. The van der Waals surface area contributed by atoms with Crippen LogP contribution in [-0.2, 0) is 9.53 Å². The monoisotopic (exact) mass is 214 g/mol. The summed E-state index contributed by atoms with van der Waals surface area (Å²) in [5.41, 5.74) is 0. The van der Waals surface area contributed by atoms with Gasteiger partial charge in [0, 0.05) is 25.6 Å². The zero-order valence-corrected chi connectivity index (χ0v) is 9.28. The third kappa shape index (κ3) is 3.42. The van der Waals surface area contributed by atoms with Crippen LogP contribution >= 0.6 is 0 Å². The van der Waals surface area contributed by atoms with Crippen LogP contribution in [0.1, 0.15) is 26.2 Å². The molecule has 1 aliphatic rings. The Labute approximate surface area is 89.8 Å². The van der Waals surface area contributed by atoms with Crippen molar-refractivity contribution < 1.29 is 14.3 Å². The molecule has 5 heteroatoms. The van der Waals surface area contributed by atoms with E-state index in [1.165, 1.54) is 7.11 Å². The average molecular weight is 214 g/mol. The van der Waals surface area contributed by atoms with Gasteiger partial charge in [-0.05, 0) is 12.8 Å². The summed E-state index contributed by atoms with van der Waals surface area (Å²) >= 11 is 0. The Morgan fingerprint density at radius 1 is 1.53 bits per heavy atom. The molecule has 0 aromatic rings. The molecule has 15 heavy (non-hydrogen) atoms. The first-order valence-corrected chi connectivity index (χ1v) is 5.29. The number of carbonyl (C=O) groups excluding carboxylic acids is 2. The van der Waals surface area contributed by atoms with Gasteiger partial charge >= 0.3 is 6.09 Å². The molecule has 1 fully saturated rings. The zero-order valence-electron chi connectivity index (χ0n) is 9.28. The van der Waals surface area contributed by atoms with E-state index in [2.05, 4.69) is 10.1 Å². The minimum Gasteiger partial charge on any atom is -0.453 e. The topological polar surface area (TPSA) is 58.6 Å². The molecule has 0 spiro atoms. The third-order valence-corrected chi connectivity index (χ3v) is 2.46. The van der Waals surface area contributed by atoms with Crippen molar-refractivity contribution in [2.75, 3.05) is 20.2 Å². The maximum atomic E-state index is 11.3. The lowest BCUT2D eigenvalue weighted by Crippen LogP contribution is -2.38. The Kier molecular flexibility index (Phi) is 4.39. The molecule has 0 aromatic heterocycles. The molecule has 1 heterocycles. The number of hydrogen-bond acceptors (Lipinski definition) is 3. The van der Waals surface area contributed by atoms with Crippen molar-refractivity contribution in [3.63, 3.8) is 0 Å². The van der Waals surface area contributed by atoms with Gasteiger partial charge in [-0.3, -0.25) is 4.79 Å². The first-order chi connectivity index (χ1) is 7.17. The van der Waals surface area contributed by atoms with Crippen LogP contribution in [0.2, 0.25) is 0 Å². The van der Waals surface area contributed by atoms with Crippen molar-refractivity contribution in [1.82, 2.24) is 10.2 Å². The maximum Gasteiger partial charge on any atom is 0.409 e. The van der Waals surface area contributed by atoms with Gasteiger partial charge in [-0.2, -0.15) is 0 Å². The number of hydrogen-bond donors (Lipinski definition) is 1. The highest BCUT2D eigenvalue weighted by Gasteiger charge is 2.27. The van der Waals surface area contributed by atoms with Gasteiger partial charge in [0.25, 0.3) is 0 Å². The lowest BCUT2D eigenvalue weighted by molar-refractivity contribution is -0.121. The summed E-state index contributed by atoms with van der Waals surface area (Å²) in [7, 11) is 1.37. The van der Waals surface area contributed by atoms with E-state index in [-0.39, 0.29) is 18.0 Å². The predicted octanol–water partition coefficient (Wildman–Crippen LogP) is 0.743. The van der Waals surface area contributed by atoms with Crippen molar-refractivity contribution in [2.24, 2.45) is 0 Å². The first kappa shape index (κ1) is 11.8. The fourth-order valence-corrected chi connectivity index (χ4v) is 1.70. The molecule has 0 bridgehead atoms. The van der Waals surface area contributed by atoms with Crippen molar-refractivity contribution in [3.05, 3.63) is 0 Å². The second-order valence-corrected chi connectivity index (χ2v) is 3.72. The van der Waals surface area contributed by atoms with E-state index in [0.29, 0.717) is 19.5 Å². The van der Waals surface area contributed by atoms with Gasteiger partial charge in [0.1, 0.15) is 0 Å². The maximum absolute atomic E-state index is 11.3. The lowest BCUT2D eigenvalue weighted by atomic mass is 10.2. The summed E-state index contributed by atoms with van der Waals surface area (Å²) in [6.07, 6.45) is 1.89. The fraction of sp³-hybridized carbons (Fsp3) is 0.800. The molecule has 5 nitrogen and oxygen atoms in total. The van der Waals surface area contributed by atoms with E-state index in [1.807, 2.05) is 6.92 Å². The number of rotatable bonds is 3. The summed E-state index contributed by atoms with van der Waals surface area (Å²) in [5.74, 6) is 0.0641. The fourth-order valence-electron chi connectivity index (χ4n) is 1.70. The molecular formula is C10H18N2O3. The minimum atomic E-state index is -0.317. The summed E-state index contributed by atoms with van der Waals surface area (Å²) in [4.78, 5) is 24.1. The Balaban J connectivity index is 2.30. The third-order valence-electron chi connectivity index (χ3n) is 2.46. The highest BCUT2D eigenvalue weighted by Crippen LogP contribution is 2.10. The highest BCUT2D eigenvalue weighted by atomic mass is 16.5. The number of methoxy groups -OCH3 is 1. The Bertz CT molecular complexity index is 243. The Hall–Kier alpha value is -1.26. The van der Waals surface area contributed by atoms with Crippen LogP contribution in [-0.4, -0.2) is 43.1 Å². The van der Waals surface area contributed by atoms with Crippen molar-refractivity contribution >= 4 is 12.0 Å². The minimum absolute atomic E-state index is 0.0641. The van der Waals surface area contributed by atoms with Gasteiger partial charge in [0.15, 0.2) is 0 Å². The summed E-state index contributed by atoms with van der Waals surface area (Å²) in [6.45, 7) is 3.18. The molecule has 0 radical (unpaired) electrons. The SMILES string of the molecule is CCCC(=O)NC1CCN(C(=O)OC)C1. The van der Waals surface area contributed by atoms with E-state index in [4.69, 9.17) is 0 Å². The van der Waals surface area contributed by atoms with Crippen molar-refractivity contribution in [1.29, 1.82) is 0 Å². The molecule has 1 saturated heterocycles. The van der Waals surface area contributed by atoms with Crippen LogP contribution in [0.25, 0.3) is 0 Å². The zero-order chi connectivity index (χ0) is 11.3. The summed E-state index contributed by atoms with van der Waals surface area (Å²) in [5, 5.41) is 2.90. The second-order valence-electron chi connectivity index (χ2n) is 3.72. The van der Waals surface area contributed by atoms with Crippen molar-refractivity contribution in [2.45, 2.75) is 32.2 Å². The Morgan fingerprint density at radius 2 is 2.27 bits per heavy atom. The molecule has 1 aliphatic heterocycles.